The summed E-state index contributed by atoms with van der Waals surface area (Å²) >= 11 is 0. The lowest BCUT2D eigenvalue weighted by Crippen LogP contribution is -2.08. The molecule has 0 aromatic carbocycles. The minimum absolute atomic E-state index is 0.0924. The van der Waals surface area contributed by atoms with E-state index in [0.29, 0.717) is 0 Å². The highest BCUT2D eigenvalue weighted by Gasteiger charge is 2.38. The van der Waals surface area contributed by atoms with Crippen LogP contribution in [0.15, 0.2) is 0 Å². The quantitative estimate of drug-likeness (QED) is 0.671. The summed E-state index contributed by atoms with van der Waals surface area (Å²) in [5, 5.41) is 9.01. The fourth-order valence-electron chi connectivity index (χ4n) is 1.26. The van der Waals surface area contributed by atoms with Crippen molar-refractivity contribution in [2.75, 3.05) is 5.73 Å². The first kappa shape index (κ1) is 8.85. The summed E-state index contributed by atoms with van der Waals surface area (Å²) in [5.74, 6) is -0.125. The van der Waals surface area contributed by atoms with Crippen LogP contribution >= 0.6 is 0 Å². The Balaban J connectivity index is 2.83. The van der Waals surface area contributed by atoms with Crippen molar-refractivity contribution in [1.82, 2.24) is 20.0 Å². The van der Waals surface area contributed by atoms with Crippen LogP contribution in [-0.4, -0.2) is 20.0 Å². The number of hydrogen-bond donors (Lipinski definition) is 2. The number of rotatable bonds is 0. The zero-order chi connectivity index (χ0) is 10.5. The lowest BCUT2D eigenvalue weighted by Gasteiger charge is -2.01. The van der Waals surface area contributed by atoms with Crippen LogP contribution in [0.5, 0.6) is 0 Å². The van der Waals surface area contributed by atoms with Gasteiger partial charge in [0.15, 0.2) is 11.3 Å². The van der Waals surface area contributed by atoms with Gasteiger partial charge < -0.3 is 5.73 Å². The normalized spacial score (nSPS) is 12.6. The first-order valence-corrected chi connectivity index (χ1v) is 3.65. The number of aryl methyl sites for hydroxylation is 1. The van der Waals surface area contributed by atoms with E-state index in [1.54, 1.807) is 0 Å². The second-order valence-corrected chi connectivity index (χ2v) is 2.81. The predicted octanol–water partition coefficient (Wildman–Crippen LogP) is 0.897. The molecule has 2 aromatic heterocycles. The van der Waals surface area contributed by atoms with Crippen molar-refractivity contribution in [2.24, 2.45) is 7.05 Å². The van der Waals surface area contributed by atoms with Gasteiger partial charge in [0.25, 0.3) is 0 Å². The van der Waals surface area contributed by atoms with Crippen LogP contribution in [0.4, 0.5) is 19.0 Å². The molecule has 0 radical (unpaired) electrons. The van der Waals surface area contributed by atoms with Gasteiger partial charge in [-0.05, 0) is 0 Å². The Kier molecular flexibility index (Phi) is 1.52. The van der Waals surface area contributed by atoms with E-state index in [2.05, 4.69) is 15.3 Å². The number of alkyl halides is 3. The van der Waals surface area contributed by atoms with Crippen LogP contribution in [0.25, 0.3) is 11.0 Å². The molecule has 8 heteroatoms. The number of H-pyrrole nitrogens is 1. The molecule has 0 amide bonds. The Morgan fingerprint density at radius 3 is 2.64 bits per heavy atom. The van der Waals surface area contributed by atoms with E-state index >= 15 is 0 Å². The monoisotopic (exact) mass is 205 g/mol. The van der Waals surface area contributed by atoms with Gasteiger partial charge >= 0.3 is 6.18 Å². The average molecular weight is 205 g/mol. The van der Waals surface area contributed by atoms with E-state index in [9.17, 15) is 13.2 Å². The number of anilines is 1. The molecule has 0 fully saturated rings. The van der Waals surface area contributed by atoms with Crippen LogP contribution in [0.3, 0.4) is 0 Å². The molecule has 0 aliphatic rings. The summed E-state index contributed by atoms with van der Waals surface area (Å²) in [5.41, 5.74) is 4.40. The largest absolute Gasteiger partial charge is 0.435 e. The molecule has 0 aliphatic heterocycles. The zero-order valence-electron chi connectivity index (χ0n) is 7.05. The van der Waals surface area contributed by atoms with Crippen LogP contribution < -0.4 is 5.73 Å². The van der Waals surface area contributed by atoms with Crippen LogP contribution in [-0.2, 0) is 13.2 Å². The Bertz CT molecular complexity index is 479. The van der Waals surface area contributed by atoms with Crippen molar-refractivity contribution in [3.8, 4) is 0 Å². The number of nitrogen functional groups attached to an aromatic ring is 1. The van der Waals surface area contributed by atoms with Crippen molar-refractivity contribution >= 4 is 16.9 Å². The maximum absolute atomic E-state index is 12.4. The maximum Gasteiger partial charge on any atom is 0.435 e. The molecule has 76 valence electrons. The Morgan fingerprint density at radius 1 is 1.43 bits per heavy atom. The molecule has 5 nitrogen and oxygen atoms in total. The fraction of sp³-hybridized carbons (Fsp3) is 0.333. The summed E-state index contributed by atoms with van der Waals surface area (Å²) in [4.78, 5) is 0. The molecule has 2 heterocycles. The average Bonchev–Trinajstić information content (AvgIpc) is 2.54. The second-order valence-electron chi connectivity index (χ2n) is 2.81. The van der Waals surface area contributed by atoms with Gasteiger partial charge in [-0.25, -0.2) is 4.68 Å². The number of fused-ring (bicyclic) bond motifs is 1. The van der Waals surface area contributed by atoms with E-state index in [1.807, 2.05) is 0 Å². The van der Waals surface area contributed by atoms with Crippen molar-refractivity contribution < 1.29 is 13.2 Å². The molecular weight excluding hydrogens is 199 g/mol. The summed E-state index contributed by atoms with van der Waals surface area (Å²) in [6.07, 6.45) is -4.52. The molecule has 0 unspecified atom stereocenters. The SMILES string of the molecule is Cn1nc(C(F)(F)F)c2c(N)[nH]nc21. The van der Waals surface area contributed by atoms with Gasteiger partial charge in [-0.3, -0.25) is 5.10 Å². The van der Waals surface area contributed by atoms with Crippen LogP contribution in [0, 0.1) is 0 Å². The first-order chi connectivity index (χ1) is 6.41. The molecule has 0 saturated carbocycles. The van der Waals surface area contributed by atoms with Crippen LogP contribution in [0.1, 0.15) is 5.69 Å². The molecule has 0 atom stereocenters. The third-order valence-corrected chi connectivity index (χ3v) is 1.84. The Morgan fingerprint density at radius 2 is 2.07 bits per heavy atom. The highest BCUT2D eigenvalue weighted by Crippen LogP contribution is 2.35. The van der Waals surface area contributed by atoms with E-state index < -0.39 is 11.9 Å². The van der Waals surface area contributed by atoms with Crippen molar-refractivity contribution in [1.29, 1.82) is 0 Å². The number of halogens is 3. The van der Waals surface area contributed by atoms with Gasteiger partial charge in [-0.2, -0.15) is 23.4 Å². The molecule has 2 rings (SSSR count). The summed E-state index contributed by atoms with van der Waals surface area (Å²) in [7, 11) is 1.37. The third-order valence-electron chi connectivity index (χ3n) is 1.84. The molecule has 0 bridgehead atoms. The number of hydrogen-bond acceptors (Lipinski definition) is 3. The molecule has 3 N–H and O–H groups in total. The molecule has 2 aromatic rings. The van der Waals surface area contributed by atoms with Crippen LogP contribution in [0.2, 0.25) is 0 Å². The maximum atomic E-state index is 12.4. The number of nitrogens with two attached hydrogens (primary N) is 1. The third kappa shape index (κ3) is 1.03. The van der Waals surface area contributed by atoms with Gasteiger partial charge in [0.05, 0.1) is 5.39 Å². The second kappa shape index (κ2) is 2.40. The van der Waals surface area contributed by atoms with E-state index in [-0.39, 0.29) is 16.9 Å². The zero-order valence-corrected chi connectivity index (χ0v) is 7.05. The van der Waals surface area contributed by atoms with Crippen molar-refractivity contribution in [3.63, 3.8) is 0 Å². The Labute approximate surface area is 75.7 Å². The molecule has 0 spiro atoms. The topological polar surface area (TPSA) is 72.5 Å². The van der Waals surface area contributed by atoms with E-state index in [0.717, 1.165) is 4.68 Å². The number of nitrogens with zero attached hydrogens (tertiary/aromatic N) is 3. The molecule has 14 heavy (non-hydrogen) atoms. The lowest BCUT2D eigenvalue weighted by atomic mass is 10.3. The number of aromatic nitrogens is 4. The van der Waals surface area contributed by atoms with Crippen molar-refractivity contribution in [3.05, 3.63) is 5.69 Å². The summed E-state index contributed by atoms with van der Waals surface area (Å²) in [6, 6.07) is 0. The fourth-order valence-corrected chi connectivity index (χ4v) is 1.26. The standard InChI is InChI=1S/C6H6F3N5/c1-14-5-2(4(10)11-12-5)3(13-14)6(7,8)9/h1H3,(H3,10,11,12). The van der Waals surface area contributed by atoms with Gasteiger partial charge in [0, 0.05) is 7.05 Å². The first-order valence-electron chi connectivity index (χ1n) is 3.65. The summed E-state index contributed by atoms with van der Waals surface area (Å²) in [6.45, 7) is 0. The highest BCUT2D eigenvalue weighted by molar-refractivity contribution is 5.89. The minimum atomic E-state index is -4.52. The van der Waals surface area contributed by atoms with Crippen molar-refractivity contribution in [2.45, 2.75) is 6.18 Å². The summed E-state index contributed by atoms with van der Waals surface area (Å²) < 4.78 is 38.3. The lowest BCUT2D eigenvalue weighted by molar-refractivity contribution is -0.140. The van der Waals surface area contributed by atoms with Gasteiger partial charge in [-0.15, -0.1) is 0 Å². The highest BCUT2D eigenvalue weighted by atomic mass is 19.4. The van der Waals surface area contributed by atoms with E-state index in [4.69, 9.17) is 5.73 Å². The molecule has 0 saturated heterocycles. The van der Waals surface area contributed by atoms with E-state index in [1.165, 1.54) is 7.05 Å². The molecular formula is C6H6F3N5. The van der Waals surface area contributed by atoms with Gasteiger partial charge in [0.2, 0.25) is 0 Å². The Hall–Kier alpha value is -1.73. The number of aromatic amines is 1. The van der Waals surface area contributed by atoms with Gasteiger partial charge in [-0.1, -0.05) is 0 Å². The van der Waals surface area contributed by atoms with Gasteiger partial charge in [0.1, 0.15) is 5.82 Å². The number of nitrogens with one attached hydrogen (secondary N) is 1. The minimum Gasteiger partial charge on any atom is -0.383 e. The predicted molar refractivity (Wildman–Crippen MR) is 42.3 cm³/mol. The smallest absolute Gasteiger partial charge is 0.383 e. The molecule has 0 aliphatic carbocycles.